The summed E-state index contributed by atoms with van der Waals surface area (Å²) in [4.78, 5) is 2.65. The lowest BCUT2D eigenvalue weighted by atomic mass is 9.97. The molecule has 1 aromatic carbocycles. The molecule has 1 aromatic rings. The monoisotopic (exact) mass is 337 g/mol. The fourth-order valence-corrected chi connectivity index (χ4v) is 4.23. The van der Waals surface area contributed by atoms with Crippen LogP contribution in [-0.2, 0) is 11.2 Å². The average molecular weight is 338 g/mol. The van der Waals surface area contributed by atoms with Crippen molar-refractivity contribution in [2.75, 3.05) is 25.0 Å². The van der Waals surface area contributed by atoms with Crippen LogP contribution in [0.3, 0.4) is 0 Å². The van der Waals surface area contributed by atoms with Crippen LogP contribution in [0.25, 0.3) is 0 Å². The van der Waals surface area contributed by atoms with Gasteiger partial charge in [-0.2, -0.15) is 0 Å². The van der Waals surface area contributed by atoms with Gasteiger partial charge in [-0.15, -0.1) is 0 Å². The minimum atomic E-state index is 0.264. The molecule has 2 atom stereocenters. The minimum Gasteiger partial charge on any atom is -0.372 e. The van der Waals surface area contributed by atoms with Crippen LogP contribution in [0, 0.1) is 0 Å². The highest BCUT2D eigenvalue weighted by atomic mass is 79.9. The number of likely N-dealkylation sites (tertiary alicyclic amines) is 1. The maximum Gasteiger partial charge on any atom is 0.0954 e. The van der Waals surface area contributed by atoms with Crippen molar-refractivity contribution < 1.29 is 4.74 Å². The molecule has 0 spiro atoms. The lowest BCUT2D eigenvalue weighted by Gasteiger charge is -2.34. The van der Waals surface area contributed by atoms with E-state index in [2.05, 4.69) is 45.1 Å². The van der Waals surface area contributed by atoms with Crippen molar-refractivity contribution in [3.63, 3.8) is 0 Å². The second-order valence-corrected chi connectivity index (χ2v) is 6.61. The number of halogens is 1. The van der Waals surface area contributed by atoms with Gasteiger partial charge >= 0.3 is 0 Å². The SMILES string of the molecule is BrCC1CCCCCN1CC1OCCc2ccccc21. The Morgan fingerprint density at radius 3 is 3.00 bits per heavy atom. The first-order chi connectivity index (χ1) is 9.88. The van der Waals surface area contributed by atoms with E-state index in [1.165, 1.54) is 43.4 Å². The molecule has 2 unspecified atom stereocenters. The van der Waals surface area contributed by atoms with Crippen LogP contribution in [0.1, 0.15) is 42.9 Å². The third-order valence-electron chi connectivity index (χ3n) is 4.67. The van der Waals surface area contributed by atoms with Crippen molar-refractivity contribution in [2.24, 2.45) is 0 Å². The number of hydrogen-bond acceptors (Lipinski definition) is 2. The van der Waals surface area contributed by atoms with Crippen LogP contribution in [0.15, 0.2) is 24.3 Å². The Balaban J connectivity index is 1.73. The molecule has 0 bridgehead atoms. The predicted octanol–water partition coefficient (Wildman–Crippen LogP) is 3.94. The molecule has 1 fully saturated rings. The molecule has 0 amide bonds. The quantitative estimate of drug-likeness (QED) is 0.774. The third-order valence-corrected chi connectivity index (χ3v) is 5.42. The van der Waals surface area contributed by atoms with E-state index >= 15 is 0 Å². The molecule has 1 saturated heterocycles. The van der Waals surface area contributed by atoms with Gasteiger partial charge in [0.2, 0.25) is 0 Å². The van der Waals surface area contributed by atoms with Crippen molar-refractivity contribution in [3.05, 3.63) is 35.4 Å². The minimum absolute atomic E-state index is 0.264. The molecule has 2 aliphatic rings. The Bertz CT molecular complexity index is 437. The second kappa shape index (κ2) is 7.06. The molecule has 3 rings (SSSR count). The first-order valence-corrected chi connectivity index (χ1v) is 9.00. The molecule has 3 heteroatoms. The summed E-state index contributed by atoms with van der Waals surface area (Å²) in [5.74, 6) is 0. The zero-order valence-corrected chi connectivity index (χ0v) is 13.6. The fraction of sp³-hybridized carbons (Fsp3) is 0.647. The summed E-state index contributed by atoms with van der Waals surface area (Å²) in [6.07, 6.45) is 6.72. The van der Waals surface area contributed by atoms with Gasteiger partial charge in [-0.1, -0.05) is 53.0 Å². The normalized spacial score (nSPS) is 27.9. The lowest BCUT2D eigenvalue weighted by molar-refractivity contribution is 0.00879. The largest absolute Gasteiger partial charge is 0.372 e. The van der Waals surface area contributed by atoms with Crippen molar-refractivity contribution >= 4 is 15.9 Å². The van der Waals surface area contributed by atoms with Gasteiger partial charge < -0.3 is 4.74 Å². The van der Waals surface area contributed by atoms with Gasteiger partial charge in [-0.3, -0.25) is 4.90 Å². The Morgan fingerprint density at radius 2 is 2.10 bits per heavy atom. The number of fused-ring (bicyclic) bond motifs is 1. The van der Waals surface area contributed by atoms with E-state index in [0.29, 0.717) is 6.04 Å². The molecule has 2 nitrogen and oxygen atoms in total. The first kappa shape index (κ1) is 14.6. The van der Waals surface area contributed by atoms with E-state index in [4.69, 9.17) is 4.74 Å². The molecule has 2 heterocycles. The van der Waals surface area contributed by atoms with Gasteiger partial charge in [0.05, 0.1) is 12.7 Å². The lowest BCUT2D eigenvalue weighted by Crippen LogP contribution is -2.40. The van der Waals surface area contributed by atoms with Crippen molar-refractivity contribution in [2.45, 2.75) is 44.2 Å². The summed E-state index contributed by atoms with van der Waals surface area (Å²) < 4.78 is 6.08. The highest BCUT2D eigenvalue weighted by Gasteiger charge is 2.27. The van der Waals surface area contributed by atoms with Crippen molar-refractivity contribution in [3.8, 4) is 0 Å². The molecular formula is C17H24BrNO. The summed E-state index contributed by atoms with van der Waals surface area (Å²) in [7, 11) is 0. The van der Waals surface area contributed by atoms with E-state index in [-0.39, 0.29) is 6.10 Å². The number of benzene rings is 1. The Morgan fingerprint density at radius 1 is 1.20 bits per heavy atom. The number of hydrogen-bond donors (Lipinski definition) is 0. The van der Waals surface area contributed by atoms with Crippen molar-refractivity contribution in [1.82, 2.24) is 4.90 Å². The van der Waals surface area contributed by atoms with Gasteiger partial charge in [0.15, 0.2) is 0 Å². The standard InChI is InChI=1S/C17H24BrNO/c18-12-15-7-2-1-5-10-19(15)13-17-16-8-4-3-6-14(16)9-11-20-17/h3-4,6,8,15,17H,1-2,5,7,9-13H2. The average Bonchev–Trinajstić information content (AvgIpc) is 2.72. The number of nitrogens with zero attached hydrogens (tertiary/aromatic N) is 1. The smallest absolute Gasteiger partial charge is 0.0954 e. The molecule has 20 heavy (non-hydrogen) atoms. The Labute approximate surface area is 130 Å². The van der Waals surface area contributed by atoms with E-state index < -0.39 is 0 Å². The summed E-state index contributed by atoms with van der Waals surface area (Å²) in [5, 5.41) is 1.08. The van der Waals surface area contributed by atoms with Crippen LogP contribution in [0.4, 0.5) is 0 Å². The van der Waals surface area contributed by atoms with Gasteiger partial charge in [0.1, 0.15) is 0 Å². The summed E-state index contributed by atoms with van der Waals surface area (Å²) >= 11 is 3.70. The molecule has 0 N–H and O–H groups in total. The highest BCUT2D eigenvalue weighted by Crippen LogP contribution is 2.29. The topological polar surface area (TPSA) is 12.5 Å². The maximum absolute atomic E-state index is 6.08. The van der Waals surface area contributed by atoms with Crippen LogP contribution in [0.2, 0.25) is 0 Å². The number of ether oxygens (including phenoxy) is 1. The molecule has 0 radical (unpaired) electrons. The number of rotatable bonds is 3. The molecule has 0 saturated carbocycles. The summed E-state index contributed by atoms with van der Waals surface area (Å²) in [5.41, 5.74) is 2.89. The zero-order chi connectivity index (χ0) is 13.8. The maximum atomic E-state index is 6.08. The third kappa shape index (κ3) is 3.26. The summed E-state index contributed by atoms with van der Waals surface area (Å²) in [6, 6.07) is 9.48. The molecule has 0 aromatic heterocycles. The van der Waals surface area contributed by atoms with Crippen LogP contribution < -0.4 is 0 Å². The van der Waals surface area contributed by atoms with Gasteiger partial charge in [-0.25, -0.2) is 0 Å². The molecule has 110 valence electrons. The Hall–Kier alpha value is -0.380. The highest BCUT2D eigenvalue weighted by molar-refractivity contribution is 9.09. The van der Waals surface area contributed by atoms with Gasteiger partial charge in [0.25, 0.3) is 0 Å². The fourth-order valence-electron chi connectivity index (χ4n) is 3.49. The van der Waals surface area contributed by atoms with Gasteiger partial charge in [0, 0.05) is 17.9 Å². The molecule has 0 aliphatic carbocycles. The van der Waals surface area contributed by atoms with Crippen LogP contribution in [0.5, 0.6) is 0 Å². The molecule has 2 aliphatic heterocycles. The van der Waals surface area contributed by atoms with E-state index in [1.54, 1.807) is 0 Å². The number of alkyl halides is 1. The second-order valence-electron chi connectivity index (χ2n) is 5.96. The Kier molecular flexibility index (Phi) is 5.14. The molecular weight excluding hydrogens is 314 g/mol. The van der Waals surface area contributed by atoms with E-state index in [9.17, 15) is 0 Å². The van der Waals surface area contributed by atoms with E-state index in [1.807, 2.05) is 0 Å². The zero-order valence-electron chi connectivity index (χ0n) is 12.1. The van der Waals surface area contributed by atoms with Crippen LogP contribution in [-0.4, -0.2) is 36.0 Å². The predicted molar refractivity (Wildman–Crippen MR) is 86.5 cm³/mol. The van der Waals surface area contributed by atoms with Crippen molar-refractivity contribution in [1.29, 1.82) is 0 Å². The summed E-state index contributed by atoms with van der Waals surface area (Å²) in [6.45, 7) is 3.14. The first-order valence-electron chi connectivity index (χ1n) is 7.88. The van der Waals surface area contributed by atoms with Crippen LogP contribution >= 0.6 is 15.9 Å². The van der Waals surface area contributed by atoms with E-state index in [0.717, 1.165) is 24.9 Å². The van der Waals surface area contributed by atoms with Gasteiger partial charge in [-0.05, 0) is 36.9 Å².